The molecule has 0 radical (unpaired) electrons. The third kappa shape index (κ3) is 2.18. The van der Waals surface area contributed by atoms with E-state index in [9.17, 15) is 5.11 Å². The molecular weight excluding hydrogens is 192 g/mol. The van der Waals surface area contributed by atoms with Gasteiger partial charge in [0, 0.05) is 18.0 Å². The number of aliphatic hydroxyl groups is 2. The maximum absolute atomic E-state index is 9.82. The first kappa shape index (κ1) is 11.3. The fourth-order valence-electron chi connectivity index (χ4n) is 3.27. The molecule has 4 nitrogen and oxygen atoms in total. The molecule has 2 rings (SSSR count). The summed E-state index contributed by atoms with van der Waals surface area (Å²) in [7, 11) is 0. The highest BCUT2D eigenvalue weighted by atomic mass is 16.3. The van der Waals surface area contributed by atoms with E-state index in [1.165, 1.54) is 12.8 Å². The van der Waals surface area contributed by atoms with Crippen LogP contribution in [-0.4, -0.2) is 41.6 Å². The molecule has 15 heavy (non-hydrogen) atoms. The van der Waals surface area contributed by atoms with E-state index in [1.807, 2.05) is 0 Å². The molecule has 5 atom stereocenters. The van der Waals surface area contributed by atoms with Gasteiger partial charge in [0.2, 0.25) is 0 Å². The van der Waals surface area contributed by atoms with Crippen molar-refractivity contribution in [2.75, 3.05) is 13.2 Å². The molecule has 0 aromatic rings. The minimum Gasteiger partial charge on any atom is -0.394 e. The molecule has 1 saturated carbocycles. The number of fused-ring (bicyclic) bond motifs is 1. The Bertz CT molecular complexity index is 209. The molecule has 1 aliphatic heterocycles. The molecule has 5 unspecified atom stereocenters. The minimum absolute atomic E-state index is 0.0223. The van der Waals surface area contributed by atoms with Crippen LogP contribution in [-0.2, 0) is 0 Å². The summed E-state index contributed by atoms with van der Waals surface area (Å²) < 4.78 is 0. The normalized spacial score (nSPS) is 43.4. The van der Waals surface area contributed by atoms with Gasteiger partial charge in [-0.3, -0.25) is 0 Å². The van der Waals surface area contributed by atoms with Crippen LogP contribution in [0.4, 0.5) is 0 Å². The summed E-state index contributed by atoms with van der Waals surface area (Å²) in [5, 5.41) is 22.3. The molecular formula is C11H22N2O2. The fraction of sp³-hybridized carbons (Fsp3) is 1.00. The zero-order chi connectivity index (χ0) is 10.8. The van der Waals surface area contributed by atoms with Crippen LogP contribution in [0.15, 0.2) is 0 Å². The quantitative estimate of drug-likeness (QED) is 0.497. The zero-order valence-electron chi connectivity index (χ0n) is 9.10. The molecule has 4 heteroatoms. The first-order valence-corrected chi connectivity index (χ1v) is 6.02. The topological polar surface area (TPSA) is 78.5 Å². The molecule has 2 fully saturated rings. The van der Waals surface area contributed by atoms with Crippen molar-refractivity contribution in [2.24, 2.45) is 17.6 Å². The molecule has 1 aliphatic carbocycles. The predicted octanol–water partition coefficient (Wildman–Crippen LogP) is -0.555. The second-order valence-electron chi connectivity index (χ2n) is 4.95. The summed E-state index contributed by atoms with van der Waals surface area (Å²) in [6.07, 6.45) is 3.92. The van der Waals surface area contributed by atoms with Gasteiger partial charge in [-0.1, -0.05) is 0 Å². The van der Waals surface area contributed by atoms with E-state index in [-0.39, 0.29) is 18.6 Å². The van der Waals surface area contributed by atoms with Gasteiger partial charge < -0.3 is 21.3 Å². The molecule has 2 aliphatic rings. The lowest BCUT2D eigenvalue weighted by atomic mass is 9.69. The van der Waals surface area contributed by atoms with Gasteiger partial charge in [-0.2, -0.15) is 0 Å². The third-order valence-corrected chi connectivity index (χ3v) is 4.05. The second kappa shape index (κ2) is 4.78. The molecule has 1 heterocycles. The van der Waals surface area contributed by atoms with Gasteiger partial charge in [-0.25, -0.2) is 0 Å². The van der Waals surface area contributed by atoms with Crippen LogP contribution in [0.25, 0.3) is 0 Å². The summed E-state index contributed by atoms with van der Waals surface area (Å²) in [6.45, 7) is 0.839. The lowest BCUT2D eigenvalue weighted by Crippen LogP contribution is -2.59. The summed E-state index contributed by atoms with van der Waals surface area (Å²) in [4.78, 5) is 0. The predicted molar refractivity (Wildman–Crippen MR) is 58.3 cm³/mol. The Balaban J connectivity index is 2.09. The second-order valence-corrected chi connectivity index (χ2v) is 4.95. The maximum Gasteiger partial charge on any atom is 0.0828 e. The van der Waals surface area contributed by atoms with Gasteiger partial charge in [0.1, 0.15) is 0 Å². The average molecular weight is 214 g/mol. The van der Waals surface area contributed by atoms with E-state index in [2.05, 4.69) is 5.32 Å². The fourth-order valence-corrected chi connectivity index (χ4v) is 3.27. The number of nitrogens with two attached hydrogens (primary N) is 1. The summed E-state index contributed by atoms with van der Waals surface area (Å²) in [5.74, 6) is 0.666. The van der Waals surface area contributed by atoms with E-state index < -0.39 is 6.10 Å². The van der Waals surface area contributed by atoms with E-state index in [4.69, 9.17) is 10.8 Å². The Morgan fingerprint density at radius 2 is 2.13 bits per heavy atom. The maximum atomic E-state index is 9.82. The van der Waals surface area contributed by atoms with Crippen LogP contribution in [0.3, 0.4) is 0 Å². The number of piperidine rings is 1. The van der Waals surface area contributed by atoms with Crippen LogP contribution >= 0.6 is 0 Å². The SMILES string of the molecule is NC1CCC2CCCNC2C1C(O)CO. The number of hydrogen-bond acceptors (Lipinski definition) is 4. The van der Waals surface area contributed by atoms with E-state index >= 15 is 0 Å². The smallest absolute Gasteiger partial charge is 0.0828 e. The molecule has 0 bridgehead atoms. The van der Waals surface area contributed by atoms with E-state index in [0.717, 1.165) is 19.4 Å². The molecule has 5 N–H and O–H groups in total. The van der Waals surface area contributed by atoms with Crippen LogP contribution in [0, 0.1) is 11.8 Å². The Kier molecular flexibility index (Phi) is 3.61. The third-order valence-electron chi connectivity index (χ3n) is 4.05. The Morgan fingerprint density at radius 3 is 2.87 bits per heavy atom. The summed E-state index contributed by atoms with van der Waals surface area (Å²) in [6, 6.07) is 0.337. The molecule has 0 aromatic carbocycles. The van der Waals surface area contributed by atoms with Crippen molar-refractivity contribution in [1.29, 1.82) is 0 Å². The molecule has 1 saturated heterocycles. The number of nitrogens with one attached hydrogen (secondary N) is 1. The van der Waals surface area contributed by atoms with Gasteiger partial charge in [-0.15, -0.1) is 0 Å². The molecule has 0 aromatic heterocycles. The van der Waals surface area contributed by atoms with Gasteiger partial charge in [0.25, 0.3) is 0 Å². The summed E-state index contributed by atoms with van der Waals surface area (Å²) in [5.41, 5.74) is 6.05. The van der Waals surface area contributed by atoms with Crippen molar-refractivity contribution in [2.45, 2.75) is 43.9 Å². The van der Waals surface area contributed by atoms with Crippen LogP contribution in [0.5, 0.6) is 0 Å². The highest BCUT2D eigenvalue weighted by molar-refractivity contribution is 4.98. The van der Waals surface area contributed by atoms with Crippen molar-refractivity contribution in [3.63, 3.8) is 0 Å². The van der Waals surface area contributed by atoms with Crippen LogP contribution in [0.1, 0.15) is 25.7 Å². The van der Waals surface area contributed by atoms with Gasteiger partial charge >= 0.3 is 0 Å². The molecule has 88 valence electrons. The zero-order valence-corrected chi connectivity index (χ0v) is 9.10. The lowest BCUT2D eigenvalue weighted by molar-refractivity contribution is -0.0135. The van der Waals surface area contributed by atoms with Crippen LogP contribution in [0.2, 0.25) is 0 Å². The minimum atomic E-state index is -0.668. The first-order valence-electron chi connectivity index (χ1n) is 6.02. The number of hydrogen-bond donors (Lipinski definition) is 4. The average Bonchev–Trinajstić information content (AvgIpc) is 2.28. The monoisotopic (exact) mass is 214 g/mol. The largest absolute Gasteiger partial charge is 0.394 e. The van der Waals surface area contributed by atoms with E-state index in [0.29, 0.717) is 12.0 Å². The summed E-state index contributed by atoms with van der Waals surface area (Å²) >= 11 is 0. The van der Waals surface area contributed by atoms with Crippen molar-refractivity contribution in [3.05, 3.63) is 0 Å². The molecule has 0 spiro atoms. The van der Waals surface area contributed by atoms with Crippen LogP contribution < -0.4 is 11.1 Å². The standard InChI is InChI=1S/C11H22N2O2/c12-8-4-3-7-2-1-5-13-11(7)10(8)9(15)6-14/h7-11,13-15H,1-6,12H2. The Labute approximate surface area is 90.9 Å². The van der Waals surface area contributed by atoms with Gasteiger partial charge in [0.05, 0.1) is 12.7 Å². The van der Waals surface area contributed by atoms with Crippen molar-refractivity contribution in [1.82, 2.24) is 5.32 Å². The lowest BCUT2D eigenvalue weighted by Gasteiger charge is -2.46. The Morgan fingerprint density at radius 1 is 1.33 bits per heavy atom. The number of rotatable bonds is 2. The van der Waals surface area contributed by atoms with E-state index in [1.54, 1.807) is 0 Å². The van der Waals surface area contributed by atoms with Gasteiger partial charge in [0.15, 0.2) is 0 Å². The van der Waals surface area contributed by atoms with Crippen molar-refractivity contribution < 1.29 is 10.2 Å². The number of aliphatic hydroxyl groups excluding tert-OH is 2. The van der Waals surface area contributed by atoms with Crippen molar-refractivity contribution >= 4 is 0 Å². The first-order chi connectivity index (χ1) is 7.24. The Hall–Kier alpha value is -0.160. The molecule has 0 amide bonds. The highest BCUT2D eigenvalue weighted by Gasteiger charge is 2.42. The van der Waals surface area contributed by atoms with Crippen molar-refractivity contribution in [3.8, 4) is 0 Å². The van der Waals surface area contributed by atoms with Gasteiger partial charge in [-0.05, 0) is 38.1 Å². The highest BCUT2D eigenvalue weighted by Crippen LogP contribution is 2.35.